The van der Waals surface area contributed by atoms with Gasteiger partial charge in [0.1, 0.15) is 6.04 Å². The molecule has 0 spiro atoms. The second kappa shape index (κ2) is 5.01. The molecule has 1 atom stereocenters. The minimum atomic E-state index is -0.461. The van der Waals surface area contributed by atoms with Crippen LogP contribution in [0.1, 0.15) is 24.2 Å². The van der Waals surface area contributed by atoms with E-state index in [1.54, 1.807) is 30.0 Å². The first-order valence-corrected chi connectivity index (χ1v) is 6.18. The van der Waals surface area contributed by atoms with Crippen LogP contribution in [0.3, 0.4) is 0 Å². The van der Waals surface area contributed by atoms with Crippen LogP contribution in [0.2, 0.25) is 5.02 Å². The van der Waals surface area contributed by atoms with Crippen LogP contribution >= 0.6 is 11.6 Å². The van der Waals surface area contributed by atoms with Crippen LogP contribution in [0.25, 0.3) is 0 Å². The van der Waals surface area contributed by atoms with Gasteiger partial charge in [-0.15, -0.1) is 0 Å². The molecule has 0 aromatic heterocycles. The number of amides is 2. The zero-order valence-electron chi connectivity index (χ0n) is 10.6. The van der Waals surface area contributed by atoms with E-state index in [1.807, 2.05) is 0 Å². The summed E-state index contributed by atoms with van der Waals surface area (Å²) in [6.45, 7) is 3.22. The summed E-state index contributed by atoms with van der Waals surface area (Å²) in [5.74, 6) is -0.824. The Balaban J connectivity index is 2.36. The highest BCUT2D eigenvalue weighted by atomic mass is 35.5. The molecule has 6 heteroatoms. The summed E-state index contributed by atoms with van der Waals surface area (Å²) in [6.07, 6.45) is 0. The minimum absolute atomic E-state index is 0.0860. The fraction of sp³-hybridized carbons (Fsp3) is 0.308. The first-order chi connectivity index (χ1) is 8.90. The lowest BCUT2D eigenvalue weighted by Crippen LogP contribution is -2.57. The Morgan fingerprint density at radius 3 is 2.68 bits per heavy atom. The van der Waals surface area contributed by atoms with Crippen molar-refractivity contribution in [1.82, 2.24) is 5.32 Å². The van der Waals surface area contributed by atoms with E-state index < -0.39 is 6.04 Å². The maximum atomic E-state index is 11.6. The van der Waals surface area contributed by atoms with Crippen LogP contribution in [0.15, 0.2) is 18.2 Å². The molecular formula is C13H13ClN2O3. The van der Waals surface area contributed by atoms with E-state index in [1.165, 1.54) is 6.92 Å². The highest BCUT2D eigenvalue weighted by molar-refractivity contribution is 6.34. The maximum absolute atomic E-state index is 11.6. The molecule has 1 fully saturated rings. The lowest BCUT2D eigenvalue weighted by Gasteiger charge is -2.33. The molecule has 0 radical (unpaired) electrons. The number of ketones is 1. The molecule has 1 N–H and O–H groups in total. The van der Waals surface area contributed by atoms with Gasteiger partial charge < -0.3 is 4.90 Å². The summed E-state index contributed by atoms with van der Waals surface area (Å²) < 4.78 is 0. The van der Waals surface area contributed by atoms with Gasteiger partial charge in [0.25, 0.3) is 0 Å². The van der Waals surface area contributed by atoms with Crippen molar-refractivity contribution in [3.05, 3.63) is 28.8 Å². The zero-order valence-corrected chi connectivity index (χ0v) is 11.3. The van der Waals surface area contributed by atoms with Crippen molar-refractivity contribution in [1.29, 1.82) is 0 Å². The molecule has 1 saturated heterocycles. The third-order valence-electron chi connectivity index (χ3n) is 3.09. The number of hydrogen-bond acceptors (Lipinski definition) is 4. The van der Waals surface area contributed by atoms with Gasteiger partial charge in [-0.05, 0) is 32.0 Å². The van der Waals surface area contributed by atoms with Crippen molar-refractivity contribution in [2.45, 2.75) is 19.9 Å². The molecule has 1 unspecified atom stereocenters. The van der Waals surface area contributed by atoms with Crippen molar-refractivity contribution in [3.8, 4) is 0 Å². The van der Waals surface area contributed by atoms with Crippen LogP contribution < -0.4 is 10.2 Å². The summed E-state index contributed by atoms with van der Waals surface area (Å²) in [4.78, 5) is 35.9. The first-order valence-electron chi connectivity index (χ1n) is 5.81. The van der Waals surface area contributed by atoms with Crippen LogP contribution in [0.5, 0.6) is 0 Å². The van der Waals surface area contributed by atoms with Crippen LogP contribution in [0.4, 0.5) is 5.69 Å². The molecule has 1 aliphatic heterocycles. The molecule has 0 bridgehead atoms. The summed E-state index contributed by atoms with van der Waals surface area (Å²) >= 11 is 6.03. The monoisotopic (exact) mass is 280 g/mol. The maximum Gasteiger partial charge on any atom is 0.249 e. The highest BCUT2D eigenvalue weighted by Gasteiger charge is 2.30. The highest BCUT2D eigenvalue weighted by Crippen LogP contribution is 2.26. The number of carbonyl (C=O) groups is 3. The molecular weight excluding hydrogens is 268 g/mol. The summed E-state index contributed by atoms with van der Waals surface area (Å²) in [6, 6.07) is 4.42. The van der Waals surface area contributed by atoms with E-state index in [4.69, 9.17) is 11.6 Å². The van der Waals surface area contributed by atoms with Gasteiger partial charge in [0.05, 0.1) is 11.6 Å². The number of imide groups is 1. The second-order valence-corrected chi connectivity index (χ2v) is 4.84. The van der Waals surface area contributed by atoms with Crippen LogP contribution in [-0.4, -0.2) is 30.2 Å². The molecule has 1 heterocycles. The summed E-state index contributed by atoms with van der Waals surface area (Å²) in [5, 5.41) is 2.58. The fourth-order valence-corrected chi connectivity index (χ4v) is 2.31. The van der Waals surface area contributed by atoms with E-state index in [9.17, 15) is 14.4 Å². The van der Waals surface area contributed by atoms with Gasteiger partial charge in [0, 0.05) is 11.3 Å². The number of nitrogens with one attached hydrogen (secondary N) is 1. The van der Waals surface area contributed by atoms with Crippen LogP contribution in [0, 0.1) is 0 Å². The molecule has 1 aromatic carbocycles. The molecule has 19 heavy (non-hydrogen) atoms. The number of nitrogens with zero attached hydrogens (tertiary/aromatic N) is 1. The van der Waals surface area contributed by atoms with Gasteiger partial charge in [0.15, 0.2) is 5.78 Å². The fourth-order valence-electron chi connectivity index (χ4n) is 2.00. The number of rotatable bonds is 2. The van der Waals surface area contributed by atoms with Gasteiger partial charge in [-0.25, -0.2) is 0 Å². The number of halogens is 1. The third kappa shape index (κ3) is 2.61. The number of anilines is 1. The Bertz CT molecular complexity index is 571. The predicted octanol–water partition coefficient (Wildman–Crippen LogP) is 1.39. The summed E-state index contributed by atoms with van der Waals surface area (Å²) in [5.41, 5.74) is 1.07. The minimum Gasteiger partial charge on any atom is -0.350 e. The van der Waals surface area contributed by atoms with Gasteiger partial charge >= 0.3 is 0 Å². The molecule has 5 nitrogen and oxygen atoms in total. The van der Waals surface area contributed by atoms with Crippen molar-refractivity contribution in [3.63, 3.8) is 0 Å². The summed E-state index contributed by atoms with van der Waals surface area (Å²) in [7, 11) is 0. The van der Waals surface area contributed by atoms with Crippen molar-refractivity contribution >= 4 is 34.9 Å². The molecule has 1 aromatic rings. The standard InChI is InChI=1S/C13H13ClN2O3/c1-7-13(19)15-12(18)6-16(7)9-3-4-10(8(2)17)11(14)5-9/h3-5,7H,6H2,1-2H3,(H,15,18,19). The van der Waals surface area contributed by atoms with Crippen LogP contribution in [-0.2, 0) is 9.59 Å². The molecule has 0 aliphatic carbocycles. The predicted molar refractivity (Wildman–Crippen MR) is 71.4 cm³/mol. The van der Waals surface area contributed by atoms with E-state index in [2.05, 4.69) is 5.32 Å². The van der Waals surface area contributed by atoms with Crippen molar-refractivity contribution < 1.29 is 14.4 Å². The molecule has 2 rings (SSSR count). The van der Waals surface area contributed by atoms with Crippen molar-refractivity contribution in [2.24, 2.45) is 0 Å². The Hall–Kier alpha value is -1.88. The Morgan fingerprint density at radius 1 is 1.42 bits per heavy atom. The van der Waals surface area contributed by atoms with Gasteiger partial charge in [-0.1, -0.05) is 11.6 Å². The van der Waals surface area contributed by atoms with Gasteiger partial charge in [-0.3, -0.25) is 19.7 Å². The average Bonchev–Trinajstić information content (AvgIpc) is 2.33. The topological polar surface area (TPSA) is 66.5 Å². The van der Waals surface area contributed by atoms with E-state index in [0.29, 0.717) is 16.3 Å². The molecule has 100 valence electrons. The number of hydrogen-bond donors (Lipinski definition) is 1. The lowest BCUT2D eigenvalue weighted by molar-refractivity contribution is -0.132. The normalized spacial score (nSPS) is 19.3. The van der Waals surface area contributed by atoms with E-state index in [0.717, 1.165) is 0 Å². The number of benzene rings is 1. The molecule has 1 aliphatic rings. The Labute approximate surface area is 115 Å². The van der Waals surface area contributed by atoms with E-state index >= 15 is 0 Å². The molecule has 0 saturated carbocycles. The van der Waals surface area contributed by atoms with Gasteiger partial charge in [-0.2, -0.15) is 0 Å². The third-order valence-corrected chi connectivity index (χ3v) is 3.40. The molecule has 2 amide bonds. The quantitative estimate of drug-likeness (QED) is 0.657. The Kier molecular flexibility index (Phi) is 3.57. The lowest BCUT2D eigenvalue weighted by atomic mass is 10.1. The smallest absolute Gasteiger partial charge is 0.249 e. The number of piperazine rings is 1. The Morgan fingerprint density at radius 2 is 2.11 bits per heavy atom. The zero-order chi connectivity index (χ0) is 14.2. The first kappa shape index (κ1) is 13.5. The number of carbonyl (C=O) groups excluding carboxylic acids is 3. The number of Topliss-reactive ketones (excluding diaryl/α,β-unsaturated/α-hetero) is 1. The second-order valence-electron chi connectivity index (χ2n) is 4.44. The largest absolute Gasteiger partial charge is 0.350 e. The average molecular weight is 281 g/mol. The SMILES string of the molecule is CC(=O)c1ccc(N2CC(=O)NC(=O)C2C)cc1Cl. The van der Waals surface area contributed by atoms with E-state index in [-0.39, 0.29) is 24.1 Å². The van der Waals surface area contributed by atoms with Crippen molar-refractivity contribution in [2.75, 3.05) is 11.4 Å². The van der Waals surface area contributed by atoms with Gasteiger partial charge in [0.2, 0.25) is 11.8 Å².